The summed E-state index contributed by atoms with van der Waals surface area (Å²) in [4.78, 5) is 173. The van der Waals surface area contributed by atoms with E-state index in [2.05, 4.69) is 52.2 Å². The first kappa shape index (κ1) is 88.9. The summed E-state index contributed by atoms with van der Waals surface area (Å²) < 4.78 is 22.1. The predicted octanol–water partition coefficient (Wildman–Crippen LogP) is 2.25. The molecule has 21 atom stereocenters. The molecule has 3 aromatic carbocycles. The van der Waals surface area contributed by atoms with Crippen molar-refractivity contribution in [3.05, 3.63) is 180 Å². The molecule has 0 spiro atoms. The van der Waals surface area contributed by atoms with Crippen molar-refractivity contribution in [3.8, 4) is 17.2 Å². The van der Waals surface area contributed by atoms with E-state index in [1.807, 2.05) is 91.0 Å². The van der Waals surface area contributed by atoms with Crippen molar-refractivity contribution in [1.29, 1.82) is 0 Å². The van der Waals surface area contributed by atoms with Crippen LogP contribution in [0.2, 0.25) is 0 Å². The molecule has 12 rings (SSSR count). The lowest BCUT2D eigenvalue weighted by Gasteiger charge is -2.41. The fourth-order valence-corrected chi connectivity index (χ4v) is 15.0. The summed E-state index contributed by atoms with van der Waals surface area (Å²) >= 11 is 0. The molecule has 33 heteroatoms. The molecule has 0 aliphatic carbocycles. The van der Waals surface area contributed by atoms with Crippen LogP contribution >= 0.6 is 0 Å². The molecule has 118 heavy (non-hydrogen) atoms. The number of carbonyl (C=O) groups is 12. The molecule has 6 aliphatic heterocycles. The number of ether oxygens (including phenoxy) is 4. The number of aromatic hydroxyl groups is 3. The molecular weight excluding hydrogens is 1530 g/mol. The smallest absolute Gasteiger partial charge is 0.312 e. The third kappa shape index (κ3) is 22.4. The Hall–Kier alpha value is -11.5. The second kappa shape index (κ2) is 41.1. The van der Waals surface area contributed by atoms with Gasteiger partial charge >= 0.3 is 5.97 Å². The number of cyclic esters (lactones) is 1. The van der Waals surface area contributed by atoms with Crippen LogP contribution in [-0.4, -0.2) is 239 Å². The Bertz CT molecular complexity index is 4350. The summed E-state index contributed by atoms with van der Waals surface area (Å²) in [6.45, 7) is 10.8. The van der Waals surface area contributed by atoms with Crippen molar-refractivity contribution in [1.82, 2.24) is 57.1 Å². The number of aromatic nitrogens is 3. The normalized spacial score (nSPS) is 30.1. The molecule has 33 nitrogen and oxygen atoms in total. The van der Waals surface area contributed by atoms with Gasteiger partial charge in [-0.15, -0.1) is 0 Å². The quantitative estimate of drug-likeness (QED) is 0.0656. The average molecular weight is 1630 g/mol. The zero-order valence-electron chi connectivity index (χ0n) is 66.5. The van der Waals surface area contributed by atoms with Crippen LogP contribution in [0, 0.1) is 35.5 Å². The number of aliphatic hydroxyl groups excluding tert-OH is 3. The minimum absolute atomic E-state index is 0.130. The molecule has 6 aromatic rings. The van der Waals surface area contributed by atoms with Crippen LogP contribution in [0.15, 0.2) is 146 Å². The standard InChI is InChI=1S/C29H36N4O7.C28H34N4O7.C28H33N3O8/c1-16-14-21(35)25(22-11-13-40-22)33(3)29(39)17(2)26(36)19(15-18-8-5-4-6-9-18)31-27(37)23(16)32-28(38)24-20(34)10-7-12-30-24;1-15-13-20(34)23(21-10-12-39-21)32-26(36)16(2)25(35)18(14-17-7-4-3-5-8-17)30-27(37)22(15)31-28(38)24-19(33)9-6-11-29-24;1-15-13-20(33)25(21-10-12-38-21)39-28(37)16(2)24(34)18(14-17-7-4-3-5-8-17)30-26(35)22(15)31-27(36)23-19(32)9-6-11-29-23/h4-10,12,16-17,19,22-23,25-26,34,36H,11,13-15H2,1-3H3,(H,31,37)(H,32,38);3-9,11,15-16,18,21-23,25,33,35H,10,12-14H2,1-2H3,(H,30,37)(H,31,38)(H,32,36);3-9,11,15-16,18,21-22,24-25,32,34H,10,12-14H2,1-2H3,(H,30,35)(H,31,36)/t16-,17+,19-,22?,23-,25?,26-;15-,16+,18-,21?,22-,23?,25-;15-,16+,18-,21?,22-,24-,25?/m000/s1. The number of esters is 1. The van der Waals surface area contributed by atoms with E-state index in [0.29, 0.717) is 39.1 Å². The number of hydrogen-bond acceptors (Lipinski definition) is 25. The summed E-state index contributed by atoms with van der Waals surface area (Å²) in [5.74, 6) is -13.4. The number of benzene rings is 3. The van der Waals surface area contributed by atoms with E-state index in [9.17, 15) is 88.2 Å². The highest BCUT2D eigenvalue weighted by Gasteiger charge is 2.48. The van der Waals surface area contributed by atoms with Gasteiger partial charge in [-0.3, -0.25) is 57.5 Å². The SMILES string of the molecule is C[C@H]1CC(=O)C(C2CCO2)N(C)C(=O)[C@H](C)[C@H](O)[C@H](Cc2ccccc2)NC(=O)[C@H]1NC(=O)c1ncccc1O.C[C@H]1CC(=O)C(C2CCO2)NC(=O)[C@H](C)[C@H](O)[C@H](Cc2ccccc2)NC(=O)[C@H]1NC(=O)c1ncccc1O.C[C@H]1CC(=O)C(C2CCO2)OC(=O)[C@H](C)[C@H](O)[C@H](Cc2ccccc2)NC(=O)[C@H]1NC(=O)c1ncccc1O. The van der Waals surface area contributed by atoms with Gasteiger partial charge in [0.15, 0.2) is 40.5 Å². The topological polar surface area (TPSA) is 489 Å². The number of likely N-dealkylation sites (N-methyl/N-ethyl adjacent to an activating group) is 1. The summed E-state index contributed by atoms with van der Waals surface area (Å²) in [5, 5.41) is 83.2. The average Bonchev–Trinajstić information content (AvgIpc) is 0.488. The van der Waals surface area contributed by atoms with E-state index < -0.39 is 186 Å². The van der Waals surface area contributed by atoms with Gasteiger partial charge < -0.3 is 91.7 Å². The number of nitrogens with zero attached hydrogens (tertiary/aromatic N) is 4. The zero-order chi connectivity index (χ0) is 85.2. The van der Waals surface area contributed by atoms with E-state index in [0.717, 1.165) is 16.7 Å². The Morgan fingerprint density at radius 3 is 1.11 bits per heavy atom. The van der Waals surface area contributed by atoms with Crippen LogP contribution in [0.4, 0.5) is 0 Å². The minimum Gasteiger partial charge on any atom is -0.505 e. The van der Waals surface area contributed by atoms with Crippen LogP contribution in [-0.2, 0) is 81.4 Å². The molecule has 8 amide bonds. The van der Waals surface area contributed by atoms with E-state index in [4.69, 9.17) is 18.9 Å². The van der Waals surface area contributed by atoms with E-state index in [1.165, 1.54) is 80.8 Å². The van der Waals surface area contributed by atoms with Crippen molar-refractivity contribution in [3.63, 3.8) is 0 Å². The molecule has 13 N–H and O–H groups in total. The molecule has 6 aliphatic rings. The number of hydrogen-bond donors (Lipinski definition) is 13. The van der Waals surface area contributed by atoms with Crippen molar-refractivity contribution in [2.24, 2.45) is 35.5 Å². The lowest BCUT2D eigenvalue weighted by molar-refractivity contribution is -0.183. The van der Waals surface area contributed by atoms with Crippen molar-refractivity contribution >= 4 is 70.6 Å². The molecule has 630 valence electrons. The molecule has 0 radical (unpaired) electrons. The van der Waals surface area contributed by atoms with Gasteiger partial charge in [-0.05, 0) is 110 Å². The number of ketones is 3. The van der Waals surface area contributed by atoms with Gasteiger partial charge in [-0.25, -0.2) is 15.0 Å². The number of nitrogens with one attached hydrogen (secondary N) is 7. The monoisotopic (exact) mass is 1630 g/mol. The molecule has 6 unspecified atom stereocenters. The van der Waals surface area contributed by atoms with E-state index >= 15 is 0 Å². The maximum atomic E-state index is 13.7. The second-order valence-electron chi connectivity index (χ2n) is 31.0. The van der Waals surface area contributed by atoms with Gasteiger partial charge in [-0.2, -0.15) is 0 Å². The third-order valence-electron chi connectivity index (χ3n) is 22.4. The van der Waals surface area contributed by atoms with Gasteiger partial charge in [0, 0.05) is 71.1 Å². The molecule has 0 saturated carbocycles. The third-order valence-corrected chi connectivity index (χ3v) is 22.4. The Kier molecular flexibility index (Phi) is 30.9. The maximum Gasteiger partial charge on any atom is 0.312 e. The number of carbonyl (C=O) groups excluding carboxylic acids is 12. The van der Waals surface area contributed by atoms with Crippen molar-refractivity contribution < 1.29 is 107 Å². The largest absolute Gasteiger partial charge is 0.505 e. The Balaban J connectivity index is 0.000000186. The first-order valence-corrected chi connectivity index (χ1v) is 39.5. The minimum atomic E-state index is -1.37. The number of rotatable bonds is 15. The van der Waals surface area contributed by atoms with Gasteiger partial charge in [0.05, 0.1) is 66.4 Å². The fraction of sp³-hybridized carbons (Fsp3) is 0.471. The van der Waals surface area contributed by atoms with Gasteiger partial charge in [-0.1, -0.05) is 126 Å². The van der Waals surface area contributed by atoms with Gasteiger partial charge in [0.2, 0.25) is 29.5 Å². The van der Waals surface area contributed by atoms with Crippen LogP contribution in [0.1, 0.15) is 128 Å². The van der Waals surface area contributed by atoms with Crippen LogP contribution in [0.25, 0.3) is 0 Å². The molecule has 3 aromatic heterocycles. The summed E-state index contributed by atoms with van der Waals surface area (Å²) in [6, 6.07) is 27.6. The summed E-state index contributed by atoms with van der Waals surface area (Å²) in [7, 11) is 1.53. The van der Waals surface area contributed by atoms with E-state index in [-0.39, 0.29) is 84.4 Å². The lowest BCUT2D eigenvalue weighted by atomic mass is 9.86. The maximum absolute atomic E-state index is 13.7. The Labute approximate surface area is 681 Å². The number of amides is 8. The number of Topliss-reactive ketones (excluding diaryl/α,β-unsaturated/α-hetero) is 3. The Morgan fingerprint density at radius 1 is 0.424 bits per heavy atom. The molecule has 0 bridgehead atoms. The van der Waals surface area contributed by atoms with Gasteiger partial charge in [0.1, 0.15) is 53.6 Å². The highest BCUT2D eigenvalue weighted by molar-refractivity contribution is 6.01. The van der Waals surface area contributed by atoms with Crippen LogP contribution in [0.5, 0.6) is 17.2 Å². The van der Waals surface area contributed by atoms with Crippen LogP contribution < -0.4 is 37.2 Å². The molecule has 6 fully saturated rings. The zero-order valence-corrected chi connectivity index (χ0v) is 66.5. The van der Waals surface area contributed by atoms with Gasteiger partial charge in [0.25, 0.3) is 17.7 Å². The fourth-order valence-electron chi connectivity index (χ4n) is 15.0. The number of aliphatic hydroxyl groups is 3. The van der Waals surface area contributed by atoms with Crippen LogP contribution in [0.3, 0.4) is 0 Å². The molecular formula is C85H103N11O22. The van der Waals surface area contributed by atoms with Crippen molar-refractivity contribution in [2.75, 3.05) is 26.9 Å². The lowest BCUT2D eigenvalue weighted by Crippen LogP contribution is -2.61. The highest BCUT2D eigenvalue weighted by Crippen LogP contribution is 2.31. The first-order chi connectivity index (χ1) is 56.4. The van der Waals surface area contributed by atoms with Crippen molar-refractivity contribution in [2.45, 2.75) is 190 Å². The second-order valence-corrected chi connectivity index (χ2v) is 31.0. The Morgan fingerprint density at radius 2 is 0.763 bits per heavy atom. The molecule has 6 saturated heterocycles. The first-order valence-electron chi connectivity index (χ1n) is 39.5. The number of pyridine rings is 3. The molecule has 9 heterocycles. The predicted molar refractivity (Wildman–Crippen MR) is 421 cm³/mol. The highest BCUT2D eigenvalue weighted by atomic mass is 16.6. The summed E-state index contributed by atoms with van der Waals surface area (Å²) in [6.07, 6.45) is -0.944. The summed E-state index contributed by atoms with van der Waals surface area (Å²) in [5.41, 5.74) is 1.65. The van der Waals surface area contributed by atoms with E-state index in [1.54, 1.807) is 27.7 Å².